The minimum Gasteiger partial charge on any atom is -0.292 e. The van der Waals surface area contributed by atoms with Crippen molar-refractivity contribution in [3.63, 3.8) is 0 Å². The summed E-state index contributed by atoms with van der Waals surface area (Å²) in [7, 11) is 0. The molecule has 28 heavy (non-hydrogen) atoms. The number of imide groups is 1. The summed E-state index contributed by atoms with van der Waals surface area (Å²) in [5, 5.41) is 2.85. The molecule has 1 heterocycles. The molecule has 2 aromatic rings. The number of carbonyl (C=O) groups is 2. The second kappa shape index (κ2) is 7.40. The quantitative estimate of drug-likeness (QED) is 0.719. The third-order valence-electron chi connectivity index (χ3n) is 3.10. The van der Waals surface area contributed by atoms with Gasteiger partial charge in [-0.05, 0) is 24.3 Å². The Kier molecular flexibility index (Phi) is 5.57. The molecule has 0 spiro atoms. The molecule has 2 N–H and O–H groups in total. The van der Waals surface area contributed by atoms with Gasteiger partial charge >= 0.3 is 18.4 Å². The Labute approximate surface area is 150 Å². The third kappa shape index (κ3) is 4.92. The highest BCUT2D eigenvalue weighted by atomic mass is 19.4. The van der Waals surface area contributed by atoms with E-state index < -0.39 is 58.6 Å². The second-order valence-electron chi connectivity index (χ2n) is 5.13. The van der Waals surface area contributed by atoms with Crippen molar-refractivity contribution >= 4 is 17.8 Å². The van der Waals surface area contributed by atoms with Crippen molar-refractivity contribution in [1.82, 2.24) is 10.3 Å². The lowest BCUT2D eigenvalue weighted by molar-refractivity contribution is -0.145. The van der Waals surface area contributed by atoms with Crippen molar-refractivity contribution in [3.8, 4) is 0 Å². The molecular formula is C15H7F8N3O2. The molecule has 3 amide bonds. The predicted molar refractivity (Wildman–Crippen MR) is 77.1 cm³/mol. The number of halogens is 8. The second-order valence-corrected chi connectivity index (χ2v) is 5.13. The Morgan fingerprint density at radius 2 is 1.46 bits per heavy atom. The van der Waals surface area contributed by atoms with Crippen LogP contribution in [-0.4, -0.2) is 16.9 Å². The van der Waals surface area contributed by atoms with E-state index >= 15 is 0 Å². The zero-order chi connectivity index (χ0) is 21.3. The largest absolute Gasteiger partial charge is 0.433 e. The molecule has 1 aromatic carbocycles. The average Bonchev–Trinajstić information content (AvgIpc) is 2.52. The smallest absolute Gasteiger partial charge is 0.292 e. The molecule has 0 unspecified atom stereocenters. The van der Waals surface area contributed by atoms with E-state index in [0.717, 1.165) is 6.07 Å². The monoisotopic (exact) mass is 413 g/mol. The molecule has 13 heteroatoms. The molecule has 0 aliphatic heterocycles. The topological polar surface area (TPSA) is 71.1 Å². The summed E-state index contributed by atoms with van der Waals surface area (Å²) < 4.78 is 103. The molecule has 2 rings (SSSR count). The van der Waals surface area contributed by atoms with Crippen LogP contribution in [0.2, 0.25) is 0 Å². The number of hydrogen-bond acceptors (Lipinski definition) is 3. The lowest BCUT2D eigenvalue weighted by Gasteiger charge is -2.14. The molecule has 1 aromatic heterocycles. The first-order chi connectivity index (χ1) is 12.8. The Hall–Kier alpha value is -3.25. The van der Waals surface area contributed by atoms with Gasteiger partial charge in [-0.2, -0.15) is 26.3 Å². The summed E-state index contributed by atoms with van der Waals surface area (Å²) in [5.74, 6) is -5.50. The van der Waals surface area contributed by atoms with Crippen LogP contribution in [0.4, 0.5) is 45.7 Å². The van der Waals surface area contributed by atoms with Gasteiger partial charge in [-0.25, -0.2) is 18.6 Å². The van der Waals surface area contributed by atoms with E-state index in [4.69, 9.17) is 0 Å². The summed E-state index contributed by atoms with van der Waals surface area (Å²) in [5.41, 5.74) is -4.90. The highest BCUT2D eigenvalue weighted by Gasteiger charge is 2.38. The number of carbonyl (C=O) groups excluding carboxylic acids is 2. The molecule has 0 aliphatic carbocycles. The predicted octanol–water partition coefficient (Wildman–Crippen LogP) is 4.36. The van der Waals surface area contributed by atoms with E-state index in [0.29, 0.717) is 12.1 Å². The van der Waals surface area contributed by atoms with Gasteiger partial charge in [0, 0.05) is 0 Å². The molecule has 150 valence electrons. The highest BCUT2D eigenvalue weighted by Crippen LogP contribution is 2.35. The fourth-order valence-corrected chi connectivity index (χ4v) is 1.93. The summed E-state index contributed by atoms with van der Waals surface area (Å²) in [6.07, 6.45) is -10.5. The van der Waals surface area contributed by atoms with Gasteiger partial charge in [-0.3, -0.25) is 15.4 Å². The number of pyridine rings is 1. The third-order valence-corrected chi connectivity index (χ3v) is 3.10. The number of amides is 3. The SMILES string of the molecule is O=C(NC(=O)c1c(F)cccc1F)Nc1cc(C(F)(F)F)cc(C(F)(F)F)n1. The van der Waals surface area contributed by atoms with Crippen LogP contribution in [-0.2, 0) is 12.4 Å². The number of alkyl halides is 6. The first-order valence-electron chi connectivity index (χ1n) is 7.02. The van der Waals surface area contributed by atoms with Crippen molar-refractivity contribution in [2.24, 2.45) is 0 Å². The van der Waals surface area contributed by atoms with Gasteiger partial charge in [-0.1, -0.05) is 6.07 Å². The van der Waals surface area contributed by atoms with E-state index in [-0.39, 0.29) is 12.1 Å². The van der Waals surface area contributed by atoms with Gasteiger partial charge in [0.15, 0.2) is 0 Å². The maximum atomic E-state index is 13.5. The molecule has 0 bridgehead atoms. The number of hydrogen-bond donors (Lipinski definition) is 2. The Morgan fingerprint density at radius 1 is 0.893 bits per heavy atom. The Morgan fingerprint density at radius 3 is 1.96 bits per heavy atom. The Bertz CT molecular complexity index is 872. The lowest BCUT2D eigenvalue weighted by atomic mass is 10.2. The molecule has 0 aliphatic rings. The Balaban J connectivity index is 2.27. The normalized spacial score (nSPS) is 11.9. The zero-order valence-corrected chi connectivity index (χ0v) is 13.2. The minimum absolute atomic E-state index is 0.0863. The van der Waals surface area contributed by atoms with Crippen LogP contribution in [0.15, 0.2) is 30.3 Å². The van der Waals surface area contributed by atoms with E-state index in [1.165, 1.54) is 10.6 Å². The number of nitrogens with one attached hydrogen (secondary N) is 2. The van der Waals surface area contributed by atoms with Gasteiger partial charge < -0.3 is 0 Å². The van der Waals surface area contributed by atoms with Crippen LogP contribution in [0, 0.1) is 11.6 Å². The van der Waals surface area contributed by atoms with Crippen molar-refractivity contribution in [1.29, 1.82) is 0 Å². The molecule has 0 radical (unpaired) electrons. The molecule has 5 nitrogen and oxygen atoms in total. The minimum atomic E-state index is -5.26. The van der Waals surface area contributed by atoms with E-state index in [9.17, 15) is 44.7 Å². The molecular weight excluding hydrogens is 406 g/mol. The van der Waals surface area contributed by atoms with Crippen LogP contribution in [0.25, 0.3) is 0 Å². The molecule has 0 saturated carbocycles. The number of benzene rings is 1. The van der Waals surface area contributed by atoms with Crippen LogP contribution in [0.3, 0.4) is 0 Å². The van der Waals surface area contributed by atoms with Gasteiger partial charge in [0.1, 0.15) is 28.7 Å². The van der Waals surface area contributed by atoms with Gasteiger partial charge in [-0.15, -0.1) is 0 Å². The summed E-state index contributed by atoms with van der Waals surface area (Å²) in [6.45, 7) is 0. The fourth-order valence-electron chi connectivity index (χ4n) is 1.93. The molecule has 0 saturated heterocycles. The van der Waals surface area contributed by atoms with Crippen molar-refractivity contribution in [3.05, 3.63) is 58.8 Å². The van der Waals surface area contributed by atoms with E-state index in [2.05, 4.69) is 4.98 Å². The maximum Gasteiger partial charge on any atom is 0.433 e. The van der Waals surface area contributed by atoms with Crippen LogP contribution in [0.5, 0.6) is 0 Å². The van der Waals surface area contributed by atoms with E-state index in [1.54, 1.807) is 0 Å². The van der Waals surface area contributed by atoms with Crippen LogP contribution >= 0.6 is 0 Å². The first kappa shape index (κ1) is 21.1. The molecule has 0 fully saturated rings. The number of anilines is 1. The van der Waals surface area contributed by atoms with Gasteiger partial charge in [0.05, 0.1) is 5.56 Å². The van der Waals surface area contributed by atoms with Crippen LogP contribution < -0.4 is 10.6 Å². The van der Waals surface area contributed by atoms with Crippen molar-refractivity contribution in [2.75, 3.05) is 5.32 Å². The number of urea groups is 1. The number of rotatable bonds is 2. The maximum absolute atomic E-state index is 13.5. The zero-order valence-electron chi connectivity index (χ0n) is 13.2. The standard InChI is InChI=1S/C15H7F8N3O2/c16-7-2-1-3-8(17)11(7)12(27)26-13(28)25-10-5-6(14(18,19)20)4-9(24-10)15(21,22)23/h1-5H,(H2,24,25,26,27,28). The lowest BCUT2D eigenvalue weighted by Crippen LogP contribution is -2.35. The summed E-state index contributed by atoms with van der Waals surface area (Å²) >= 11 is 0. The average molecular weight is 413 g/mol. The highest BCUT2D eigenvalue weighted by molar-refractivity contribution is 6.08. The van der Waals surface area contributed by atoms with Crippen LogP contribution in [0.1, 0.15) is 21.6 Å². The fraction of sp³-hybridized carbons (Fsp3) is 0.133. The summed E-state index contributed by atoms with van der Waals surface area (Å²) in [6, 6.07) is 0.464. The van der Waals surface area contributed by atoms with E-state index in [1.807, 2.05) is 0 Å². The van der Waals surface area contributed by atoms with Gasteiger partial charge in [0.2, 0.25) is 0 Å². The number of nitrogens with zero attached hydrogens (tertiary/aromatic N) is 1. The summed E-state index contributed by atoms with van der Waals surface area (Å²) in [4.78, 5) is 26.2. The molecule has 0 atom stereocenters. The first-order valence-corrected chi connectivity index (χ1v) is 7.02. The van der Waals surface area contributed by atoms with Gasteiger partial charge in [0.25, 0.3) is 5.91 Å². The number of aromatic nitrogens is 1. The van der Waals surface area contributed by atoms with Crippen molar-refractivity contribution < 1.29 is 44.7 Å². The van der Waals surface area contributed by atoms with Crippen molar-refractivity contribution in [2.45, 2.75) is 12.4 Å².